The average Bonchev–Trinajstić information content (AvgIpc) is 2.27. The minimum atomic E-state index is -0.511. The topological polar surface area (TPSA) is 35.6 Å². The van der Waals surface area contributed by atoms with Crippen molar-refractivity contribution in [2.75, 3.05) is 33.2 Å². The Kier molecular flexibility index (Phi) is 4.87. The summed E-state index contributed by atoms with van der Waals surface area (Å²) in [6, 6.07) is 0. The first-order chi connectivity index (χ1) is 6.18. The van der Waals surface area contributed by atoms with E-state index in [-0.39, 0.29) is 0 Å². The number of carbonyl (C=O) groups is 1. The molecular formula is C7H14ClN3OS. The minimum Gasteiger partial charge on any atom is -0.305 e. The minimum absolute atomic E-state index is 0.511. The maximum Gasteiger partial charge on any atom is 0.324 e. The molecule has 0 aliphatic carbocycles. The van der Waals surface area contributed by atoms with Gasteiger partial charge in [0.2, 0.25) is 0 Å². The molecule has 1 aliphatic heterocycles. The van der Waals surface area contributed by atoms with Crippen LogP contribution in [-0.2, 0) is 0 Å². The van der Waals surface area contributed by atoms with Gasteiger partial charge in [-0.05, 0) is 31.6 Å². The van der Waals surface area contributed by atoms with Crippen LogP contribution in [-0.4, -0.2) is 47.8 Å². The predicted molar refractivity (Wildman–Crippen MR) is 55.7 cm³/mol. The van der Waals surface area contributed by atoms with Gasteiger partial charge in [-0.2, -0.15) is 0 Å². The predicted octanol–water partition coefficient (Wildman–Crippen LogP) is 1.14. The summed E-state index contributed by atoms with van der Waals surface area (Å²) in [5.41, 5.74) is 0. The first-order valence-corrected chi connectivity index (χ1v) is 5.39. The maximum absolute atomic E-state index is 10.4. The zero-order chi connectivity index (χ0) is 9.68. The Labute approximate surface area is 87.9 Å². The Morgan fingerprint density at radius 2 is 2.15 bits per heavy atom. The lowest BCUT2D eigenvalue weighted by molar-refractivity contribution is 0.264. The molecule has 0 bridgehead atoms. The number of likely N-dealkylation sites (N-methyl/N-ethyl adjacent to an activating group) is 1. The van der Waals surface area contributed by atoms with Crippen molar-refractivity contribution in [1.82, 2.24) is 13.9 Å². The van der Waals surface area contributed by atoms with Crippen molar-refractivity contribution < 1.29 is 4.79 Å². The van der Waals surface area contributed by atoms with Crippen LogP contribution in [0.15, 0.2) is 0 Å². The van der Waals surface area contributed by atoms with Crippen LogP contribution in [0.25, 0.3) is 0 Å². The standard InChI is InChI=1S/C7H14ClN3OS/c1-10-3-2-4-11(6-5-10)13-9-7(8)12/h2-6H2,1H3,(H,9,12). The third kappa shape index (κ3) is 4.71. The first kappa shape index (κ1) is 11.1. The zero-order valence-electron chi connectivity index (χ0n) is 7.62. The summed E-state index contributed by atoms with van der Waals surface area (Å²) in [6.07, 6.45) is 1.13. The lowest BCUT2D eigenvalue weighted by atomic mass is 10.4. The van der Waals surface area contributed by atoms with Gasteiger partial charge >= 0.3 is 5.37 Å². The number of hydrogen-bond acceptors (Lipinski definition) is 4. The van der Waals surface area contributed by atoms with Crippen molar-refractivity contribution in [3.8, 4) is 0 Å². The van der Waals surface area contributed by atoms with E-state index in [1.54, 1.807) is 0 Å². The van der Waals surface area contributed by atoms with Crippen LogP contribution < -0.4 is 4.72 Å². The van der Waals surface area contributed by atoms with E-state index in [4.69, 9.17) is 11.6 Å². The van der Waals surface area contributed by atoms with Crippen LogP contribution in [0.1, 0.15) is 6.42 Å². The molecule has 0 saturated carbocycles. The Morgan fingerprint density at radius 1 is 1.38 bits per heavy atom. The van der Waals surface area contributed by atoms with E-state index in [1.807, 2.05) is 0 Å². The van der Waals surface area contributed by atoms with Crippen LogP contribution in [0.3, 0.4) is 0 Å². The average molecular weight is 224 g/mol. The van der Waals surface area contributed by atoms with Gasteiger partial charge in [0.25, 0.3) is 0 Å². The van der Waals surface area contributed by atoms with Crippen molar-refractivity contribution in [2.24, 2.45) is 0 Å². The molecular weight excluding hydrogens is 210 g/mol. The molecule has 1 heterocycles. The number of rotatable bonds is 2. The van der Waals surface area contributed by atoms with Crippen molar-refractivity contribution in [1.29, 1.82) is 0 Å². The summed E-state index contributed by atoms with van der Waals surface area (Å²) in [7, 11) is 2.11. The molecule has 0 atom stereocenters. The van der Waals surface area contributed by atoms with Gasteiger partial charge in [0.05, 0.1) is 0 Å². The second kappa shape index (κ2) is 5.70. The summed E-state index contributed by atoms with van der Waals surface area (Å²) in [6.45, 7) is 4.10. The molecule has 0 unspecified atom stereocenters. The fraction of sp³-hybridized carbons (Fsp3) is 0.857. The highest BCUT2D eigenvalue weighted by molar-refractivity contribution is 7.95. The fourth-order valence-corrected chi connectivity index (χ4v) is 1.91. The summed E-state index contributed by atoms with van der Waals surface area (Å²) >= 11 is 6.45. The third-order valence-electron chi connectivity index (χ3n) is 1.93. The van der Waals surface area contributed by atoms with E-state index >= 15 is 0 Å². The fourth-order valence-electron chi connectivity index (χ4n) is 1.21. The van der Waals surface area contributed by atoms with Gasteiger partial charge in [-0.25, -0.2) is 4.31 Å². The largest absolute Gasteiger partial charge is 0.324 e. The van der Waals surface area contributed by atoms with E-state index in [0.717, 1.165) is 32.6 Å². The summed E-state index contributed by atoms with van der Waals surface area (Å²) in [5, 5.41) is -0.511. The zero-order valence-corrected chi connectivity index (χ0v) is 9.20. The molecule has 0 radical (unpaired) electrons. The molecule has 0 spiro atoms. The van der Waals surface area contributed by atoms with Crippen molar-refractivity contribution in [2.45, 2.75) is 6.42 Å². The highest BCUT2D eigenvalue weighted by atomic mass is 35.5. The van der Waals surface area contributed by atoms with Crippen LogP contribution >= 0.6 is 23.7 Å². The molecule has 1 aliphatic rings. The molecule has 1 N–H and O–H groups in total. The van der Waals surface area contributed by atoms with E-state index in [2.05, 4.69) is 21.0 Å². The lowest BCUT2D eigenvalue weighted by Crippen LogP contribution is -2.27. The normalized spacial score (nSPS) is 21.1. The quantitative estimate of drug-likeness (QED) is 0.433. The van der Waals surface area contributed by atoms with Gasteiger partial charge in [-0.1, -0.05) is 0 Å². The second-order valence-electron chi connectivity index (χ2n) is 3.05. The van der Waals surface area contributed by atoms with E-state index < -0.39 is 5.37 Å². The second-order valence-corrected chi connectivity index (χ2v) is 4.30. The lowest BCUT2D eigenvalue weighted by Gasteiger charge is -2.17. The molecule has 1 saturated heterocycles. The van der Waals surface area contributed by atoms with Crippen LogP contribution in [0.2, 0.25) is 0 Å². The Morgan fingerprint density at radius 3 is 2.85 bits per heavy atom. The number of nitrogens with zero attached hydrogens (tertiary/aromatic N) is 2. The smallest absolute Gasteiger partial charge is 0.305 e. The molecule has 76 valence electrons. The van der Waals surface area contributed by atoms with Crippen molar-refractivity contribution in [3.05, 3.63) is 0 Å². The van der Waals surface area contributed by atoms with E-state index in [0.29, 0.717) is 0 Å². The number of nitrogens with one attached hydrogen (secondary N) is 1. The van der Waals surface area contributed by atoms with Crippen LogP contribution in [0.5, 0.6) is 0 Å². The third-order valence-corrected chi connectivity index (χ3v) is 3.04. The van der Waals surface area contributed by atoms with Gasteiger partial charge in [-0.15, -0.1) is 0 Å². The first-order valence-electron chi connectivity index (χ1n) is 4.24. The van der Waals surface area contributed by atoms with Gasteiger partial charge in [0, 0.05) is 31.8 Å². The molecule has 1 amide bonds. The number of halogens is 1. The van der Waals surface area contributed by atoms with E-state index in [1.165, 1.54) is 12.1 Å². The summed E-state index contributed by atoms with van der Waals surface area (Å²) in [4.78, 5) is 12.7. The molecule has 4 nitrogen and oxygen atoms in total. The maximum atomic E-state index is 10.4. The Bertz CT molecular complexity index is 181. The van der Waals surface area contributed by atoms with Gasteiger partial charge in [0.1, 0.15) is 0 Å². The molecule has 0 aromatic rings. The van der Waals surface area contributed by atoms with Crippen molar-refractivity contribution in [3.63, 3.8) is 0 Å². The highest BCUT2D eigenvalue weighted by Crippen LogP contribution is 2.10. The highest BCUT2D eigenvalue weighted by Gasteiger charge is 2.12. The number of hydrogen-bond donors (Lipinski definition) is 1. The number of amides is 1. The van der Waals surface area contributed by atoms with E-state index in [9.17, 15) is 4.79 Å². The molecule has 1 rings (SSSR count). The van der Waals surface area contributed by atoms with Crippen LogP contribution in [0.4, 0.5) is 4.79 Å². The Balaban J connectivity index is 2.22. The van der Waals surface area contributed by atoms with Gasteiger partial charge in [-0.3, -0.25) is 9.52 Å². The monoisotopic (exact) mass is 223 g/mol. The molecule has 6 heteroatoms. The van der Waals surface area contributed by atoms with Gasteiger partial charge < -0.3 is 4.90 Å². The SMILES string of the molecule is CN1CCCN(SNC(=O)Cl)CC1. The molecule has 0 aromatic carbocycles. The summed E-state index contributed by atoms with van der Waals surface area (Å²) in [5.74, 6) is 0. The number of carbonyl (C=O) groups excluding carboxylic acids is 1. The summed E-state index contributed by atoms with van der Waals surface area (Å²) < 4.78 is 4.62. The Hall–Kier alpha value is 0.0300. The van der Waals surface area contributed by atoms with Crippen LogP contribution in [0, 0.1) is 0 Å². The molecule has 13 heavy (non-hydrogen) atoms. The molecule has 1 fully saturated rings. The molecule has 0 aromatic heterocycles. The van der Waals surface area contributed by atoms with Gasteiger partial charge in [0.15, 0.2) is 0 Å². The van der Waals surface area contributed by atoms with Crippen molar-refractivity contribution >= 4 is 29.1 Å².